The van der Waals surface area contributed by atoms with Crippen molar-refractivity contribution in [3.63, 3.8) is 0 Å². The molecule has 1 N–H and O–H groups in total. The van der Waals surface area contributed by atoms with Crippen LogP contribution in [-0.2, 0) is 0 Å². The Balaban J connectivity index is 1.52. The van der Waals surface area contributed by atoms with Crippen LogP contribution in [0, 0.1) is 19.8 Å². The van der Waals surface area contributed by atoms with Crippen molar-refractivity contribution in [1.29, 1.82) is 0 Å². The van der Waals surface area contributed by atoms with Crippen molar-refractivity contribution < 1.29 is 9.59 Å². The Labute approximate surface area is 190 Å². The number of carbonyl (C=O) groups excluding carboxylic acids is 2. The maximum absolute atomic E-state index is 13.2. The van der Waals surface area contributed by atoms with Crippen LogP contribution in [0.3, 0.4) is 0 Å². The third kappa shape index (κ3) is 4.32. The number of hydrogen-bond donors (Lipinski definition) is 1. The van der Waals surface area contributed by atoms with E-state index in [4.69, 9.17) is 0 Å². The third-order valence-electron chi connectivity index (χ3n) is 6.04. The summed E-state index contributed by atoms with van der Waals surface area (Å²) in [7, 11) is 0. The number of piperidine rings is 1. The van der Waals surface area contributed by atoms with Gasteiger partial charge in [-0.2, -0.15) is 0 Å². The largest absolute Gasteiger partial charge is 0.346 e. The van der Waals surface area contributed by atoms with Crippen LogP contribution in [0.25, 0.3) is 10.9 Å². The van der Waals surface area contributed by atoms with E-state index in [0.717, 1.165) is 33.0 Å². The van der Waals surface area contributed by atoms with Gasteiger partial charge in [0.05, 0.1) is 9.99 Å². The highest BCUT2D eigenvalue weighted by Gasteiger charge is 2.31. The van der Waals surface area contributed by atoms with E-state index in [2.05, 4.69) is 38.1 Å². The number of aromatic nitrogens is 2. The van der Waals surface area contributed by atoms with Crippen molar-refractivity contribution in [2.24, 2.45) is 5.92 Å². The van der Waals surface area contributed by atoms with E-state index in [0.29, 0.717) is 24.3 Å². The molecule has 1 saturated heterocycles. The fraction of sp³-hybridized carbons (Fsp3) is 0.333. The van der Waals surface area contributed by atoms with Gasteiger partial charge in [0.15, 0.2) is 0 Å². The quantitative estimate of drug-likeness (QED) is 0.606. The summed E-state index contributed by atoms with van der Waals surface area (Å²) < 4.78 is 0.746. The zero-order valence-corrected chi connectivity index (χ0v) is 19.4. The molecule has 0 radical (unpaired) electrons. The zero-order chi connectivity index (χ0) is 22.1. The molecule has 4 rings (SSSR count). The number of fused-ring (bicyclic) bond motifs is 1. The number of hydrogen-bond acceptors (Lipinski definition) is 4. The van der Waals surface area contributed by atoms with E-state index >= 15 is 0 Å². The van der Waals surface area contributed by atoms with Crippen molar-refractivity contribution in [2.45, 2.75) is 33.2 Å². The molecule has 3 aromatic rings. The first-order valence-corrected chi connectivity index (χ1v) is 11.2. The molecular weight excluding hydrogens is 456 g/mol. The first-order valence-electron chi connectivity index (χ1n) is 10.4. The first-order chi connectivity index (χ1) is 14.8. The highest BCUT2D eigenvalue weighted by Crippen LogP contribution is 2.23. The maximum atomic E-state index is 13.2. The van der Waals surface area contributed by atoms with Crippen LogP contribution in [0.5, 0.6) is 0 Å². The lowest BCUT2D eigenvalue weighted by molar-refractivity contribution is 0.0623. The van der Waals surface area contributed by atoms with Gasteiger partial charge in [-0.1, -0.05) is 25.1 Å². The number of nitrogens with one attached hydrogen (secondary N) is 1. The Morgan fingerprint density at radius 3 is 2.61 bits per heavy atom. The summed E-state index contributed by atoms with van der Waals surface area (Å²) in [6.45, 7) is 7.22. The van der Waals surface area contributed by atoms with Crippen LogP contribution in [-0.4, -0.2) is 45.8 Å². The number of aryl methyl sites for hydroxylation is 2. The molecule has 0 bridgehead atoms. The predicted octanol–water partition coefficient (Wildman–Crippen LogP) is 4.29. The van der Waals surface area contributed by atoms with E-state index in [1.54, 1.807) is 18.5 Å². The lowest BCUT2D eigenvalue weighted by atomic mass is 9.92. The minimum atomic E-state index is -0.233. The number of carbonyl (C=O) groups is 2. The summed E-state index contributed by atoms with van der Waals surface area (Å²) >= 11 is 3.44. The molecule has 1 aliphatic rings. The summed E-state index contributed by atoms with van der Waals surface area (Å²) in [6.07, 6.45) is 4.22. The smallest absolute Gasteiger partial charge is 0.270 e. The molecule has 2 atom stereocenters. The standard InChI is InChI=1S/C24H25BrN4O2/c1-14-9-10-29(24(31)21-15(2)5-4-6-16(21)3)13-20(14)28-23(30)19-8-7-17-11-26-12-18(25)22(17)27-19/h4-8,11-12,14,20H,9-10,13H2,1-3H3,(H,28,30). The highest BCUT2D eigenvalue weighted by molar-refractivity contribution is 9.10. The molecule has 31 heavy (non-hydrogen) atoms. The second-order valence-electron chi connectivity index (χ2n) is 8.25. The number of halogens is 1. The molecule has 0 saturated carbocycles. The molecule has 160 valence electrons. The van der Waals surface area contributed by atoms with E-state index in [9.17, 15) is 9.59 Å². The van der Waals surface area contributed by atoms with E-state index in [1.807, 2.05) is 43.0 Å². The Bertz CT molecular complexity index is 1140. The molecule has 2 aromatic heterocycles. The first kappa shape index (κ1) is 21.4. The molecule has 1 fully saturated rings. The van der Waals surface area contributed by atoms with E-state index in [1.165, 1.54) is 0 Å². The number of rotatable bonds is 3. The van der Waals surface area contributed by atoms with Crippen LogP contribution in [0.2, 0.25) is 0 Å². The molecule has 0 spiro atoms. The highest BCUT2D eigenvalue weighted by atomic mass is 79.9. The zero-order valence-electron chi connectivity index (χ0n) is 17.9. The summed E-state index contributed by atoms with van der Waals surface area (Å²) in [5.74, 6) is 0.0632. The molecule has 7 heteroatoms. The molecule has 0 aliphatic carbocycles. The molecule has 2 unspecified atom stereocenters. The van der Waals surface area contributed by atoms with Crippen molar-refractivity contribution in [3.8, 4) is 0 Å². The third-order valence-corrected chi connectivity index (χ3v) is 6.62. The second-order valence-corrected chi connectivity index (χ2v) is 9.11. The van der Waals surface area contributed by atoms with Crippen LogP contribution in [0.1, 0.15) is 45.3 Å². The second kappa shape index (κ2) is 8.75. The lowest BCUT2D eigenvalue weighted by Gasteiger charge is -2.37. The molecule has 1 aliphatic heterocycles. The van der Waals surface area contributed by atoms with Gasteiger partial charge in [0.1, 0.15) is 5.69 Å². The van der Waals surface area contributed by atoms with Crippen LogP contribution >= 0.6 is 15.9 Å². The summed E-state index contributed by atoms with van der Waals surface area (Å²) in [5, 5.41) is 3.97. The van der Waals surface area contributed by atoms with E-state index < -0.39 is 0 Å². The molecular formula is C24H25BrN4O2. The van der Waals surface area contributed by atoms with Gasteiger partial charge in [0.2, 0.25) is 0 Å². The van der Waals surface area contributed by atoms with Crippen LogP contribution in [0.15, 0.2) is 47.2 Å². The summed E-state index contributed by atoms with van der Waals surface area (Å²) in [5.41, 5.74) is 3.77. The van der Waals surface area contributed by atoms with Crippen molar-refractivity contribution in [1.82, 2.24) is 20.2 Å². The van der Waals surface area contributed by atoms with E-state index in [-0.39, 0.29) is 23.8 Å². The average Bonchev–Trinajstić information content (AvgIpc) is 2.75. The SMILES string of the molecule is Cc1cccc(C)c1C(=O)N1CCC(C)C(NC(=O)c2ccc3cncc(Br)c3n2)C1. The van der Waals surface area contributed by atoms with Gasteiger partial charge in [0, 0.05) is 42.5 Å². The Morgan fingerprint density at radius 1 is 1.13 bits per heavy atom. The van der Waals surface area contributed by atoms with Gasteiger partial charge in [-0.05, 0) is 65.4 Å². The number of nitrogens with zero attached hydrogens (tertiary/aromatic N) is 3. The van der Waals surface area contributed by atoms with Crippen LogP contribution in [0.4, 0.5) is 0 Å². The minimum Gasteiger partial charge on any atom is -0.346 e. The minimum absolute atomic E-state index is 0.0296. The summed E-state index contributed by atoms with van der Waals surface area (Å²) in [6, 6.07) is 9.31. The molecule has 3 heterocycles. The predicted molar refractivity (Wildman–Crippen MR) is 124 cm³/mol. The number of pyridine rings is 2. The molecule has 2 amide bonds. The Hall–Kier alpha value is -2.80. The lowest BCUT2D eigenvalue weighted by Crippen LogP contribution is -2.53. The molecule has 6 nitrogen and oxygen atoms in total. The van der Waals surface area contributed by atoms with Crippen molar-refractivity contribution >= 4 is 38.6 Å². The Morgan fingerprint density at radius 2 is 1.87 bits per heavy atom. The van der Waals surface area contributed by atoms with Crippen LogP contribution < -0.4 is 5.32 Å². The average molecular weight is 481 g/mol. The van der Waals surface area contributed by atoms with Crippen molar-refractivity contribution in [2.75, 3.05) is 13.1 Å². The van der Waals surface area contributed by atoms with Gasteiger partial charge in [-0.15, -0.1) is 0 Å². The maximum Gasteiger partial charge on any atom is 0.270 e. The number of amides is 2. The van der Waals surface area contributed by atoms with Gasteiger partial charge >= 0.3 is 0 Å². The van der Waals surface area contributed by atoms with Crippen molar-refractivity contribution in [3.05, 3.63) is 69.6 Å². The van der Waals surface area contributed by atoms with Gasteiger partial charge in [0.25, 0.3) is 11.8 Å². The normalized spacial score (nSPS) is 18.8. The van der Waals surface area contributed by atoms with Gasteiger partial charge < -0.3 is 10.2 Å². The fourth-order valence-electron chi connectivity index (χ4n) is 4.13. The fourth-order valence-corrected chi connectivity index (χ4v) is 4.57. The molecule has 1 aromatic carbocycles. The monoisotopic (exact) mass is 480 g/mol. The number of benzene rings is 1. The van der Waals surface area contributed by atoms with Gasteiger partial charge in [-0.25, -0.2) is 4.98 Å². The number of likely N-dealkylation sites (tertiary alicyclic amines) is 1. The topological polar surface area (TPSA) is 75.2 Å². The Kier molecular flexibility index (Phi) is 6.05. The summed E-state index contributed by atoms with van der Waals surface area (Å²) in [4.78, 5) is 36.7. The van der Waals surface area contributed by atoms with Gasteiger partial charge in [-0.3, -0.25) is 14.6 Å².